The van der Waals surface area contributed by atoms with Crippen LogP contribution in [0.2, 0.25) is 0 Å². The number of aromatic nitrogens is 4. The van der Waals surface area contributed by atoms with Crippen molar-refractivity contribution in [2.24, 2.45) is 0 Å². The highest BCUT2D eigenvalue weighted by Gasteiger charge is 2.26. The lowest BCUT2D eigenvalue weighted by Gasteiger charge is -2.14. The van der Waals surface area contributed by atoms with Crippen molar-refractivity contribution in [1.82, 2.24) is 25.1 Å². The van der Waals surface area contributed by atoms with E-state index < -0.39 is 0 Å². The van der Waals surface area contributed by atoms with Crippen LogP contribution in [0.4, 0.5) is 0 Å². The molecule has 0 fully saturated rings. The van der Waals surface area contributed by atoms with Crippen LogP contribution in [0.5, 0.6) is 0 Å². The predicted octanol–water partition coefficient (Wildman–Crippen LogP) is 3.48. The highest BCUT2D eigenvalue weighted by atomic mass is 15.3. The summed E-state index contributed by atoms with van der Waals surface area (Å²) in [5, 5.41) is 8.32. The van der Waals surface area contributed by atoms with Gasteiger partial charge in [-0.25, -0.2) is 9.67 Å². The summed E-state index contributed by atoms with van der Waals surface area (Å²) in [5.41, 5.74) is 4.63. The molecule has 1 aliphatic carbocycles. The van der Waals surface area contributed by atoms with Gasteiger partial charge in [0.15, 0.2) is 5.82 Å². The molecule has 0 aliphatic heterocycles. The minimum absolute atomic E-state index is 0.360. The largest absolute Gasteiger partial charge is 0.305 e. The van der Waals surface area contributed by atoms with Crippen LogP contribution in [0.3, 0.4) is 0 Å². The molecule has 1 N–H and O–H groups in total. The van der Waals surface area contributed by atoms with Crippen molar-refractivity contribution in [3.8, 4) is 5.82 Å². The van der Waals surface area contributed by atoms with Crippen LogP contribution in [0.15, 0.2) is 60.9 Å². The Balaban J connectivity index is 1.48. The number of hydrogen-bond acceptors (Lipinski definition) is 4. The first-order chi connectivity index (χ1) is 12.7. The topological polar surface area (TPSA) is 55.6 Å². The fourth-order valence-corrected chi connectivity index (χ4v) is 3.70. The summed E-state index contributed by atoms with van der Waals surface area (Å²) in [6, 6.07) is 12.3. The normalized spacial score (nSPS) is 19.2. The number of hydrogen-bond donors (Lipinski definition) is 1. The molecule has 3 aromatic heterocycles. The molecule has 0 unspecified atom stereocenters. The quantitative estimate of drug-likeness (QED) is 0.719. The van der Waals surface area contributed by atoms with Crippen LogP contribution in [-0.2, 0) is 6.54 Å². The molecule has 0 saturated heterocycles. The molecule has 0 radical (unpaired) electrons. The summed E-state index contributed by atoms with van der Waals surface area (Å²) < 4.78 is 1.95. The van der Waals surface area contributed by atoms with Gasteiger partial charge >= 0.3 is 0 Å². The molecule has 0 bridgehead atoms. The second-order valence-corrected chi connectivity index (χ2v) is 6.72. The third kappa shape index (κ3) is 3.30. The first-order valence-corrected chi connectivity index (χ1v) is 9.01. The van der Waals surface area contributed by atoms with Gasteiger partial charge in [0.2, 0.25) is 0 Å². The van der Waals surface area contributed by atoms with Crippen LogP contribution < -0.4 is 5.32 Å². The lowest BCUT2D eigenvalue weighted by Crippen LogP contribution is -2.25. The third-order valence-electron chi connectivity index (χ3n) is 4.94. The summed E-state index contributed by atoms with van der Waals surface area (Å²) in [6.45, 7) is 5.00. The molecule has 1 aliphatic rings. The fourth-order valence-electron chi connectivity index (χ4n) is 3.70. The van der Waals surface area contributed by atoms with Gasteiger partial charge in [-0.3, -0.25) is 4.98 Å². The molecule has 0 aromatic carbocycles. The maximum absolute atomic E-state index is 4.73. The Morgan fingerprint density at radius 1 is 1.04 bits per heavy atom. The lowest BCUT2D eigenvalue weighted by atomic mass is 9.96. The van der Waals surface area contributed by atoms with Gasteiger partial charge in [0.05, 0.1) is 11.4 Å². The van der Waals surface area contributed by atoms with E-state index in [1.165, 1.54) is 11.3 Å². The Hall–Kier alpha value is -2.79. The van der Waals surface area contributed by atoms with E-state index in [9.17, 15) is 0 Å². The smallest absolute Gasteiger partial charge is 0.153 e. The van der Waals surface area contributed by atoms with E-state index in [2.05, 4.69) is 41.3 Å². The van der Waals surface area contributed by atoms with Crippen molar-refractivity contribution in [2.75, 3.05) is 0 Å². The molecule has 0 spiro atoms. The van der Waals surface area contributed by atoms with E-state index in [-0.39, 0.29) is 0 Å². The van der Waals surface area contributed by atoms with Gasteiger partial charge in [-0.2, -0.15) is 5.10 Å². The van der Waals surface area contributed by atoms with Gasteiger partial charge < -0.3 is 5.32 Å². The average Bonchev–Trinajstić information content (AvgIpc) is 3.25. The maximum Gasteiger partial charge on any atom is 0.153 e. The maximum atomic E-state index is 4.73. The molecular formula is C21H23N5. The molecule has 4 rings (SSSR count). The van der Waals surface area contributed by atoms with E-state index >= 15 is 0 Å². The molecule has 3 aromatic rings. The van der Waals surface area contributed by atoms with E-state index in [1.807, 2.05) is 47.3 Å². The summed E-state index contributed by atoms with van der Waals surface area (Å²) in [5.74, 6) is 1.25. The van der Waals surface area contributed by atoms with Gasteiger partial charge in [0.25, 0.3) is 0 Å². The predicted molar refractivity (Wildman–Crippen MR) is 102 cm³/mol. The van der Waals surface area contributed by atoms with Crippen molar-refractivity contribution in [1.29, 1.82) is 0 Å². The lowest BCUT2D eigenvalue weighted by molar-refractivity contribution is 0.554. The molecular weight excluding hydrogens is 322 g/mol. The summed E-state index contributed by atoms with van der Waals surface area (Å²) in [6.07, 6.45) is 9.25. The zero-order chi connectivity index (χ0) is 17.9. The van der Waals surface area contributed by atoms with Crippen LogP contribution in [0, 0.1) is 13.8 Å². The van der Waals surface area contributed by atoms with Crippen molar-refractivity contribution < 1.29 is 0 Å². The fraction of sp³-hybridized carbons (Fsp3) is 0.286. The van der Waals surface area contributed by atoms with E-state index in [4.69, 9.17) is 5.10 Å². The van der Waals surface area contributed by atoms with Gasteiger partial charge in [-0.15, -0.1) is 0 Å². The van der Waals surface area contributed by atoms with Gasteiger partial charge in [0.1, 0.15) is 0 Å². The molecule has 5 heteroatoms. The highest BCUT2D eigenvalue weighted by Crippen LogP contribution is 2.33. The summed E-state index contributed by atoms with van der Waals surface area (Å²) in [7, 11) is 0. The molecule has 5 nitrogen and oxygen atoms in total. The number of aryl methyl sites for hydroxylation is 1. The SMILES string of the molecule is Cc1nn(-c2ccccn2)c(C)c1[C@@H]1C=C[C@@H](NCc2ccccn2)C1. The average molecular weight is 345 g/mol. The van der Waals surface area contributed by atoms with Gasteiger partial charge in [-0.1, -0.05) is 24.3 Å². The first-order valence-electron chi connectivity index (χ1n) is 9.01. The second kappa shape index (κ2) is 7.22. The van der Waals surface area contributed by atoms with E-state index in [0.717, 1.165) is 30.2 Å². The van der Waals surface area contributed by atoms with Crippen LogP contribution in [0.1, 0.15) is 35.0 Å². The summed E-state index contributed by atoms with van der Waals surface area (Å²) in [4.78, 5) is 8.81. The van der Waals surface area contributed by atoms with Crippen LogP contribution in [0.25, 0.3) is 5.82 Å². The highest BCUT2D eigenvalue weighted by molar-refractivity contribution is 5.38. The number of nitrogens with zero attached hydrogens (tertiary/aromatic N) is 4. The molecule has 0 saturated carbocycles. The second-order valence-electron chi connectivity index (χ2n) is 6.72. The van der Waals surface area contributed by atoms with Gasteiger partial charge in [0, 0.05) is 42.2 Å². The third-order valence-corrected chi connectivity index (χ3v) is 4.94. The number of nitrogens with one attached hydrogen (secondary N) is 1. The monoisotopic (exact) mass is 345 g/mol. The molecule has 0 amide bonds. The minimum atomic E-state index is 0.360. The Kier molecular flexibility index (Phi) is 4.63. The van der Waals surface area contributed by atoms with Crippen LogP contribution in [-0.4, -0.2) is 25.8 Å². The van der Waals surface area contributed by atoms with Crippen molar-refractivity contribution >= 4 is 0 Å². The van der Waals surface area contributed by atoms with Crippen LogP contribution >= 0.6 is 0 Å². The first kappa shape index (κ1) is 16.7. The molecule has 26 heavy (non-hydrogen) atoms. The minimum Gasteiger partial charge on any atom is -0.305 e. The van der Waals surface area contributed by atoms with Gasteiger partial charge in [-0.05, 0) is 44.5 Å². The van der Waals surface area contributed by atoms with E-state index in [0.29, 0.717) is 12.0 Å². The molecule has 3 heterocycles. The zero-order valence-electron chi connectivity index (χ0n) is 15.1. The van der Waals surface area contributed by atoms with Crippen molar-refractivity contribution in [3.05, 3.63) is 83.6 Å². The Morgan fingerprint density at radius 3 is 2.58 bits per heavy atom. The molecule has 132 valence electrons. The van der Waals surface area contributed by atoms with Crippen molar-refractivity contribution in [3.63, 3.8) is 0 Å². The number of pyridine rings is 2. The Morgan fingerprint density at radius 2 is 1.85 bits per heavy atom. The van der Waals surface area contributed by atoms with Crippen molar-refractivity contribution in [2.45, 2.75) is 38.8 Å². The number of rotatable bonds is 5. The standard InChI is InChI=1S/C21H23N5/c1-15-21(16(2)26(25-15)20-8-4-6-12-23-20)17-9-10-18(13-17)24-14-19-7-3-5-11-22-19/h3-12,17-18,24H,13-14H2,1-2H3/t17-,18-/m1/s1. The Bertz CT molecular complexity index is 899. The number of allylic oxidation sites excluding steroid dienone is 1. The zero-order valence-corrected chi connectivity index (χ0v) is 15.1. The Labute approximate surface area is 153 Å². The summed E-state index contributed by atoms with van der Waals surface area (Å²) >= 11 is 0. The van der Waals surface area contributed by atoms with E-state index in [1.54, 1.807) is 6.20 Å². The molecule has 2 atom stereocenters.